The van der Waals surface area contributed by atoms with Crippen molar-refractivity contribution in [1.29, 1.82) is 5.41 Å². The summed E-state index contributed by atoms with van der Waals surface area (Å²) in [6.07, 6.45) is 2.69. The first-order chi connectivity index (χ1) is 16.4. The number of primary amides is 1. The molecule has 9 nitrogen and oxygen atoms in total. The van der Waals surface area contributed by atoms with Crippen molar-refractivity contribution in [2.45, 2.75) is 32.3 Å². The quantitative estimate of drug-likeness (QED) is 0.469. The van der Waals surface area contributed by atoms with Gasteiger partial charge in [-0.25, -0.2) is 0 Å². The van der Waals surface area contributed by atoms with Crippen LogP contribution in [-0.2, 0) is 21.0 Å². The van der Waals surface area contributed by atoms with Crippen molar-refractivity contribution in [3.8, 4) is 0 Å². The maximum Gasteiger partial charge on any atom is 0.275 e. The third-order valence-corrected chi connectivity index (χ3v) is 6.10. The molecule has 176 valence electrons. The number of nitrogens with one attached hydrogen (secondary N) is 2. The predicted octanol–water partition coefficient (Wildman–Crippen LogP) is 2.30. The molecule has 34 heavy (non-hydrogen) atoms. The van der Waals surface area contributed by atoms with E-state index < -0.39 is 11.6 Å². The van der Waals surface area contributed by atoms with Gasteiger partial charge in [0.1, 0.15) is 11.4 Å². The first kappa shape index (κ1) is 23.2. The minimum absolute atomic E-state index is 0.101. The summed E-state index contributed by atoms with van der Waals surface area (Å²) in [4.78, 5) is 40.7. The molecule has 5 N–H and O–H groups in total. The molecule has 0 saturated carbocycles. The van der Waals surface area contributed by atoms with Gasteiger partial charge in [-0.3, -0.25) is 19.8 Å². The number of carbonyl (C=O) groups excluding carboxylic acids is 3. The summed E-state index contributed by atoms with van der Waals surface area (Å²) in [5, 5.41) is 20.4. The maximum absolute atomic E-state index is 13.5. The highest BCUT2D eigenvalue weighted by Gasteiger charge is 2.32. The fourth-order valence-corrected chi connectivity index (χ4v) is 4.22. The summed E-state index contributed by atoms with van der Waals surface area (Å²) in [6, 6.07) is 14.1. The lowest BCUT2D eigenvalue weighted by Crippen LogP contribution is -2.42. The molecule has 0 aromatic heterocycles. The van der Waals surface area contributed by atoms with Gasteiger partial charge in [0.05, 0.1) is 6.61 Å². The SMILES string of the molecule is N=C(C(N)=O)C1=C(Nc2ccc(CO)cc2)C(=O)N(c2ccc(N3CCCCC3=O)cc2)CC1. The van der Waals surface area contributed by atoms with Crippen molar-refractivity contribution in [3.63, 3.8) is 0 Å². The Morgan fingerprint density at radius 1 is 0.941 bits per heavy atom. The molecule has 3 amide bonds. The average molecular weight is 462 g/mol. The van der Waals surface area contributed by atoms with Crippen molar-refractivity contribution in [1.82, 2.24) is 0 Å². The summed E-state index contributed by atoms with van der Waals surface area (Å²) >= 11 is 0. The molecule has 0 spiro atoms. The second-order valence-corrected chi connectivity index (χ2v) is 8.30. The summed E-state index contributed by atoms with van der Waals surface area (Å²) in [6.45, 7) is 0.859. The molecule has 4 rings (SSSR count). The van der Waals surface area contributed by atoms with Crippen LogP contribution in [0.1, 0.15) is 31.2 Å². The highest BCUT2D eigenvalue weighted by atomic mass is 16.3. The van der Waals surface area contributed by atoms with Crippen LogP contribution in [0.15, 0.2) is 59.8 Å². The molecule has 0 aliphatic carbocycles. The van der Waals surface area contributed by atoms with Crippen LogP contribution in [0.2, 0.25) is 0 Å². The number of nitrogens with two attached hydrogens (primary N) is 1. The first-order valence-corrected chi connectivity index (χ1v) is 11.2. The molecule has 2 aliphatic rings. The Labute approximate surface area is 197 Å². The largest absolute Gasteiger partial charge is 0.392 e. The van der Waals surface area contributed by atoms with Gasteiger partial charge < -0.3 is 26.0 Å². The van der Waals surface area contributed by atoms with Gasteiger partial charge in [-0.15, -0.1) is 0 Å². The molecule has 2 aromatic carbocycles. The lowest BCUT2D eigenvalue weighted by Gasteiger charge is -2.32. The van der Waals surface area contributed by atoms with Crippen LogP contribution in [0.5, 0.6) is 0 Å². The van der Waals surface area contributed by atoms with Crippen molar-refractivity contribution < 1.29 is 19.5 Å². The molecule has 2 heterocycles. The van der Waals surface area contributed by atoms with Crippen LogP contribution in [0.3, 0.4) is 0 Å². The smallest absolute Gasteiger partial charge is 0.275 e. The Bertz CT molecular complexity index is 1150. The lowest BCUT2D eigenvalue weighted by atomic mass is 9.98. The standard InChI is InChI=1S/C25H27N5O4/c26-22(24(27)33)20-12-14-30(25(34)23(20)28-17-6-4-16(15-31)5-7-17)19-10-8-18(9-11-19)29-13-2-1-3-21(29)32/h4-11,26,28,31H,1-3,12-15H2,(H2,27,33). The van der Waals surface area contributed by atoms with Gasteiger partial charge >= 0.3 is 0 Å². The molecule has 0 bridgehead atoms. The molecule has 2 aromatic rings. The summed E-state index contributed by atoms with van der Waals surface area (Å²) in [5.41, 5.74) is 8.06. The van der Waals surface area contributed by atoms with E-state index in [-0.39, 0.29) is 42.7 Å². The van der Waals surface area contributed by atoms with E-state index in [1.807, 2.05) is 12.1 Å². The number of piperidine rings is 1. The molecular formula is C25H27N5O4. The van der Waals surface area contributed by atoms with Crippen LogP contribution >= 0.6 is 0 Å². The Hall–Kier alpha value is -3.98. The van der Waals surface area contributed by atoms with E-state index in [1.165, 1.54) is 0 Å². The highest BCUT2D eigenvalue weighted by Crippen LogP contribution is 2.29. The summed E-state index contributed by atoms with van der Waals surface area (Å²) < 4.78 is 0. The second kappa shape index (κ2) is 9.88. The molecular weight excluding hydrogens is 434 g/mol. The summed E-state index contributed by atoms with van der Waals surface area (Å²) in [7, 11) is 0. The number of hydrogen-bond donors (Lipinski definition) is 4. The molecule has 0 unspecified atom stereocenters. The van der Waals surface area contributed by atoms with E-state index in [0.717, 1.165) is 18.5 Å². The maximum atomic E-state index is 13.5. The average Bonchev–Trinajstić information content (AvgIpc) is 2.85. The number of aliphatic hydroxyl groups excluding tert-OH is 1. The molecule has 0 atom stereocenters. The highest BCUT2D eigenvalue weighted by molar-refractivity contribution is 6.44. The zero-order valence-corrected chi connectivity index (χ0v) is 18.7. The number of aliphatic hydroxyl groups is 1. The van der Waals surface area contributed by atoms with Crippen LogP contribution in [0, 0.1) is 5.41 Å². The predicted molar refractivity (Wildman–Crippen MR) is 130 cm³/mol. The van der Waals surface area contributed by atoms with Crippen LogP contribution in [-0.4, -0.2) is 41.6 Å². The van der Waals surface area contributed by atoms with Crippen LogP contribution in [0.4, 0.5) is 17.1 Å². The fourth-order valence-electron chi connectivity index (χ4n) is 4.22. The van der Waals surface area contributed by atoms with Gasteiger partial charge in [0, 0.05) is 42.1 Å². The van der Waals surface area contributed by atoms with E-state index in [0.29, 0.717) is 29.9 Å². The molecule has 1 fully saturated rings. The number of benzene rings is 2. The second-order valence-electron chi connectivity index (χ2n) is 8.30. The Morgan fingerprint density at radius 3 is 2.18 bits per heavy atom. The van der Waals surface area contributed by atoms with Crippen molar-refractivity contribution in [2.24, 2.45) is 5.73 Å². The van der Waals surface area contributed by atoms with Crippen molar-refractivity contribution in [3.05, 3.63) is 65.4 Å². The van der Waals surface area contributed by atoms with E-state index >= 15 is 0 Å². The van der Waals surface area contributed by atoms with Crippen LogP contribution in [0.25, 0.3) is 0 Å². The number of anilines is 3. The normalized spacial score (nSPS) is 16.6. The monoisotopic (exact) mass is 461 g/mol. The fraction of sp³-hybridized carbons (Fsp3) is 0.280. The van der Waals surface area contributed by atoms with Gasteiger partial charge in [0.25, 0.3) is 11.8 Å². The van der Waals surface area contributed by atoms with E-state index in [1.54, 1.807) is 46.2 Å². The van der Waals surface area contributed by atoms with Gasteiger partial charge in [0.2, 0.25) is 5.91 Å². The van der Waals surface area contributed by atoms with Gasteiger partial charge in [0.15, 0.2) is 0 Å². The Balaban J connectivity index is 1.61. The number of nitrogens with zero attached hydrogens (tertiary/aromatic N) is 2. The topological polar surface area (TPSA) is 140 Å². The Kier molecular flexibility index (Phi) is 6.74. The molecule has 1 saturated heterocycles. The van der Waals surface area contributed by atoms with Crippen molar-refractivity contribution in [2.75, 3.05) is 28.2 Å². The third-order valence-electron chi connectivity index (χ3n) is 6.10. The third kappa shape index (κ3) is 4.69. The number of amides is 3. The number of carbonyl (C=O) groups is 3. The van der Waals surface area contributed by atoms with Gasteiger partial charge in [-0.05, 0) is 61.2 Å². The van der Waals surface area contributed by atoms with E-state index in [4.69, 9.17) is 11.1 Å². The minimum Gasteiger partial charge on any atom is -0.392 e. The first-order valence-electron chi connectivity index (χ1n) is 11.2. The van der Waals surface area contributed by atoms with E-state index in [9.17, 15) is 19.5 Å². The molecule has 2 aliphatic heterocycles. The zero-order chi connectivity index (χ0) is 24.2. The molecule has 0 radical (unpaired) electrons. The lowest BCUT2D eigenvalue weighted by molar-refractivity contribution is -0.119. The summed E-state index contributed by atoms with van der Waals surface area (Å²) in [5.74, 6) is -1.19. The van der Waals surface area contributed by atoms with E-state index in [2.05, 4.69) is 5.32 Å². The number of hydrogen-bond acceptors (Lipinski definition) is 6. The van der Waals surface area contributed by atoms with Gasteiger partial charge in [-0.2, -0.15) is 0 Å². The Morgan fingerprint density at radius 2 is 1.59 bits per heavy atom. The zero-order valence-electron chi connectivity index (χ0n) is 18.7. The van der Waals surface area contributed by atoms with Crippen LogP contribution < -0.4 is 20.9 Å². The molecule has 9 heteroatoms. The minimum atomic E-state index is -0.901. The van der Waals surface area contributed by atoms with Gasteiger partial charge in [-0.1, -0.05) is 12.1 Å². The number of rotatable bonds is 7. The van der Waals surface area contributed by atoms with Crippen molar-refractivity contribution >= 4 is 40.5 Å².